The van der Waals surface area contributed by atoms with E-state index in [9.17, 15) is 4.79 Å². The average Bonchev–Trinajstić information content (AvgIpc) is 2.46. The molecule has 5 nitrogen and oxygen atoms in total. The van der Waals surface area contributed by atoms with E-state index < -0.39 is 6.10 Å². The molecule has 1 aromatic rings. The van der Waals surface area contributed by atoms with Crippen molar-refractivity contribution in [3.63, 3.8) is 0 Å². The van der Waals surface area contributed by atoms with Gasteiger partial charge in [0.15, 0.2) is 6.10 Å². The van der Waals surface area contributed by atoms with Gasteiger partial charge < -0.3 is 14.8 Å². The first-order valence-electron chi connectivity index (χ1n) is 6.56. The van der Waals surface area contributed by atoms with E-state index in [-0.39, 0.29) is 11.9 Å². The van der Waals surface area contributed by atoms with Crippen molar-refractivity contribution in [2.75, 3.05) is 7.11 Å². The summed E-state index contributed by atoms with van der Waals surface area (Å²) in [7, 11) is 1.51. The molecule has 0 spiro atoms. The van der Waals surface area contributed by atoms with Gasteiger partial charge in [-0.25, -0.2) is 0 Å². The van der Waals surface area contributed by atoms with Gasteiger partial charge in [0.25, 0.3) is 5.91 Å². The van der Waals surface area contributed by atoms with Gasteiger partial charge in [-0.2, -0.15) is 5.26 Å². The second-order valence-corrected chi connectivity index (χ2v) is 4.59. The summed E-state index contributed by atoms with van der Waals surface area (Å²) in [4.78, 5) is 11.9. The van der Waals surface area contributed by atoms with E-state index in [1.807, 2.05) is 19.9 Å². The van der Waals surface area contributed by atoms with Gasteiger partial charge in [-0.05, 0) is 32.4 Å². The van der Waals surface area contributed by atoms with Crippen molar-refractivity contribution < 1.29 is 14.3 Å². The topological polar surface area (TPSA) is 71.3 Å². The van der Waals surface area contributed by atoms with Crippen LogP contribution in [-0.2, 0) is 4.79 Å². The maximum absolute atomic E-state index is 11.9. The number of nitrogens with zero attached hydrogens (tertiary/aromatic N) is 1. The number of methoxy groups -OCH3 is 1. The zero-order valence-corrected chi connectivity index (χ0v) is 12.3. The van der Waals surface area contributed by atoms with Crippen LogP contribution in [0.4, 0.5) is 0 Å². The summed E-state index contributed by atoms with van der Waals surface area (Å²) in [5, 5.41) is 11.8. The molecule has 1 amide bonds. The molecule has 0 heterocycles. The summed E-state index contributed by atoms with van der Waals surface area (Å²) in [6, 6.07) is 6.96. The average molecular weight is 276 g/mol. The van der Waals surface area contributed by atoms with Gasteiger partial charge in [-0.3, -0.25) is 4.79 Å². The highest BCUT2D eigenvalue weighted by Gasteiger charge is 2.16. The molecular formula is C15H20N2O3. The van der Waals surface area contributed by atoms with Crippen molar-refractivity contribution in [1.29, 1.82) is 5.26 Å². The minimum atomic E-state index is -0.636. The second-order valence-electron chi connectivity index (χ2n) is 4.59. The summed E-state index contributed by atoms with van der Waals surface area (Å²) < 4.78 is 10.7. The fourth-order valence-electron chi connectivity index (χ4n) is 1.54. The van der Waals surface area contributed by atoms with Gasteiger partial charge in [0.1, 0.15) is 11.5 Å². The van der Waals surface area contributed by atoms with Gasteiger partial charge >= 0.3 is 0 Å². The molecule has 1 aromatic carbocycles. The second kappa shape index (κ2) is 7.39. The van der Waals surface area contributed by atoms with E-state index in [4.69, 9.17) is 14.7 Å². The van der Waals surface area contributed by atoms with Crippen LogP contribution in [0.3, 0.4) is 0 Å². The zero-order chi connectivity index (χ0) is 15.1. The Labute approximate surface area is 119 Å². The van der Waals surface area contributed by atoms with Crippen LogP contribution in [0.2, 0.25) is 0 Å². The molecule has 1 rings (SSSR count). The summed E-state index contributed by atoms with van der Waals surface area (Å²) in [6.45, 7) is 5.60. The van der Waals surface area contributed by atoms with Crippen molar-refractivity contribution in [2.45, 2.75) is 39.3 Å². The summed E-state index contributed by atoms with van der Waals surface area (Å²) >= 11 is 0. The Balaban J connectivity index is 2.77. The van der Waals surface area contributed by atoms with Gasteiger partial charge in [0.05, 0.1) is 18.7 Å². The van der Waals surface area contributed by atoms with Crippen LogP contribution in [-0.4, -0.2) is 25.2 Å². The van der Waals surface area contributed by atoms with Gasteiger partial charge in [-0.15, -0.1) is 0 Å². The molecule has 5 heteroatoms. The normalized spacial score (nSPS) is 12.9. The lowest BCUT2D eigenvalue weighted by Gasteiger charge is -2.18. The highest BCUT2D eigenvalue weighted by Crippen LogP contribution is 2.23. The van der Waals surface area contributed by atoms with Crippen molar-refractivity contribution in [3.05, 3.63) is 23.8 Å². The Kier molecular flexibility index (Phi) is 5.85. The standard InChI is InChI=1S/C15H20N2O3/c1-5-10(2)17-15(18)11(3)20-14-7-12(9-16)6-13(8-14)19-4/h6-8,10-11H,5H2,1-4H3,(H,17,18). The smallest absolute Gasteiger partial charge is 0.260 e. The van der Waals surface area contributed by atoms with Gasteiger partial charge in [0, 0.05) is 12.1 Å². The number of carbonyl (C=O) groups is 1. The zero-order valence-electron chi connectivity index (χ0n) is 12.3. The fourth-order valence-corrected chi connectivity index (χ4v) is 1.54. The minimum Gasteiger partial charge on any atom is -0.497 e. The molecule has 0 fully saturated rings. The first-order valence-corrected chi connectivity index (χ1v) is 6.56. The van der Waals surface area contributed by atoms with E-state index in [0.717, 1.165) is 6.42 Å². The van der Waals surface area contributed by atoms with Crippen LogP contribution in [0.25, 0.3) is 0 Å². The molecule has 2 unspecified atom stereocenters. The number of hydrogen-bond donors (Lipinski definition) is 1. The van der Waals surface area contributed by atoms with E-state index in [1.54, 1.807) is 25.1 Å². The number of carbonyl (C=O) groups excluding carboxylic acids is 1. The molecule has 0 saturated heterocycles. The van der Waals surface area contributed by atoms with Crippen molar-refractivity contribution in [2.24, 2.45) is 0 Å². The molecule has 0 aliphatic rings. The largest absolute Gasteiger partial charge is 0.497 e. The quantitative estimate of drug-likeness (QED) is 0.865. The third-order valence-corrected chi connectivity index (χ3v) is 2.93. The predicted molar refractivity (Wildman–Crippen MR) is 75.7 cm³/mol. The predicted octanol–water partition coefficient (Wildman–Crippen LogP) is 2.25. The maximum atomic E-state index is 11.9. The molecule has 20 heavy (non-hydrogen) atoms. The molecular weight excluding hydrogens is 256 g/mol. The highest BCUT2D eigenvalue weighted by atomic mass is 16.5. The third kappa shape index (κ3) is 4.47. The van der Waals surface area contributed by atoms with Crippen molar-refractivity contribution >= 4 is 5.91 Å². The maximum Gasteiger partial charge on any atom is 0.260 e. The van der Waals surface area contributed by atoms with Crippen LogP contribution in [0.15, 0.2) is 18.2 Å². The minimum absolute atomic E-state index is 0.105. The van der Waals surface area contributed by atoms with Gasteiger partial charge in [0.2, 0.25) is 0 Å². The number of ether oxygens (including phenoxy) is 2. The highest BCUT2D eigenvalue weighted by molar-refractivity contribution is 5.81. The molecule has 0 bridgehead atoms. The number of hydrogen-bond acceptors (Lipinski definition) is 4. The molecule has 0 saturated carbocycles. The molecule has 0 radical (unpaired) electrons. The first-order chi connectivity index (χ1) is 9.49. The summed E-state index contributed by atoms with van der Waals surface area (Å²) in [5.41, 5.74) is 0.425. The fraction of sp³-hybridized carbons (Fsp3) is 0.467. The number of nitrogens with one attached hydrogen (secondary N) is 1. The molecule has 2 atom stereocenters. The van der Waals surface area contributed by atoms with E-state index in [0.29, 0.717) is 17.1 Å². The molecule has 1 N–H and O–H groups in total. The molecule has 0 aromatic heterocycles. The van der Waals surface area contributed by atoms with Crippen LogP contribution in [0.1, 0.15) is 32.8 Å². The summed E-state index contributed by atoms with van der Waals surface area (Å²) in [5.74, 6) is 0.780. The van der Waals surface area contributed by atoms with E-state index in [2.05, 4.69) is 5.32 Å². The monoisotopic (exact) mass is 276 g/mol. The molecule has 0 aliphatic carbocycles. The summed E-state index contributed by atoms with van der Waals surface area (Å²) in [6.07, 6.45) is 0.221. The number of rotatable bonds is 6. The Morgan fingerprint density at radius 3 is 2.55 bits per heavy atom. The van der Waals surface area contributed by atoms with Crippen LogP contribution in [0.5, 0.6) is 11.5 Å². The molecule has 0 aliphatic heterocycles. The Bertz CT molecular complexity index is 508. The Morgan fingerprint density at radius 1 is 1.35 bits per heavy atom. The van der Waals surface area contributed by atoms with Crippen LogP contribution < -0.4 is 14.8 Å². The Morgan fingerprint density at radius 2 is 2.00 bits per heavy atom. The molecule has 108 valence electrons. The third-order valence-electron chi connectivity index (χ3n) is 2.93. The van der Waals surface area contributed by atoms with E-state index >= 15 is 0 Å². The van der Waals surface area contributed by atoms with Gasteiger partial charge in [-0.1, -0.05) is 6.92 Å². The Hall–Kier alpha value is -2.22. The number of nitriles is 1. The first kappa shape index (κ1) is 15.8. The lowest BCUT2D eigenvalue weighted by Crippen LogP contribution is -2.40. The van der Waals surface area contributed by atoms with Crippen molar-refractivity contribution in [3.8, 4) is 17.6 Å². The van der Waals surface area contributed by atoms with E-state index in [1.165, 1.54) is 7.11 Å². The van der Waals surface area contributed by atoms with Crippen LogP contribution >= 0.6 is 0 Å². The number of amides is 1. The number of benzene rings is 1. The van der Waals surface area contributed by atoms with Crippen LogP contribution in [0, 0.1) is 11.3 Å². The van der Waals surface area contributed by atoms with Crippen molar-refractivity contribution in [1.82, 2.24) is 5.32 Å². The lowest BCUT2D eigenvalue weighted by atomic mass is 10.2. The lowest BCUT2D eigenvalue weighted by molar-refractivity contribution is -0.127. The SMILES string of the molecule is CCC(C)NC(=O)C(C)Oc1cc(C#N)cc(OC)c1.